The lowest BCUT2D eigenvalue weighted by atomic mass is 10.3. The van der Waals surface area contributed by atoms with Gasteiger partial charge in [0.25, 0.3) is 0 Å². The van der Waals surface area contributed by atoms with Crippen molar-refractivity contribution in [2.75, 3.05) is 0 Å². The van der Waals surface area contributed by atoms with Crippen molar-refractivity contribution < 1.29 is 13.5 Å². The molecule has 23 heavy (non-hydrogen) atoms. The van der Waals surface area contributed by atoms with E-state index in [-0.39, 0.29) is 12.6 Å². The van der Waals surface area contributed by atoms with Gasteiger partial charge in [0.2, 0.25) is 0 Å². The molecule has 0 aliphatic rings. The summed E-state index contributed by atoms with van der Waals surface area (Å²) in [7, 11) is 0. The highest BCUT2D eigenvalue weighted by atomic mass is 19.2. The van der Waals surface area contributed by atoms with E-state index in [1.807, 2.05) is 6.92 Å². The van der Waals surface area contributed by atoms with E-state index >= 15 is 0 Å². The zero-order chi connectivity index (χ0) is 16.2. The van der Waals surface area contributed by atoms with Gasteiger partial charge in [-0.05, 0) is 24.1 Å². The fraction of sp³-hybridized carbons (Fsp3) is 0.200. The van der Waals surface area contributed by atoms with E-state index in [2.05, 4.69) is 20.3 Å². The lowest BCUT2D eigenvalue weighted by molar-refractivity contribution is 0.276. The number of rotatable bonds is 5. The molecule has 8 heteroatoms. The van der Waals surface area contributed by atoms with E-state index in [1.54, 1.807) is 18.6 Å². The molecule has 1 aromatic carbocycles. The van der Waals surface area contributed by atoms with Crippen LogP contribution in [-0.4, -0.2) is 25.0 Å². The molecule has 0 saturated carbocycles. The van der Waals surface area contributed by atoms with Gasteiger partial charge in [0.15, 0.2) is 11.6 Å². The summed E-state index contributed by atoms with van der Waals surface area (Å²) >= 11 is 0. The first-order valence-electron chi connectivity index (χ1n) is 6.96. The fourth-order valence-electron chi connectivity index (χ4n) is 1.86. The third kappa shape index (κ3) is 3.47. The largest absolute Gasteiger partial charge is 0.457 e. The average molecular weight is 317 g/mol. The van der Waals surface area contributed by atoms with Crippen LogP contribution in [0, 0.1) is 11.6 Å². The minimum atomic E-state index is -0.944. The molecule has 3 rings (SSSR count). The first-order chi connectivity index (χ1) is 11.2. The van der Waals surface area contributed by atoms with Gasteiger partial charge >= 0.3 is 6.01 Å². The average Bonchev–Trinajstić information content (AvgIpc) is 3.05. The minimum Gasteiger partial charge on any atom is -0.457 e. The van der Waals surface area contributed by atoms with Gasteiger partial charge in [-0.2, -0.15) is 0 Å². The van der Waals surface area contributed by atoms with Gasteiger partial charge in [0.05, 0.1) is 11.9 Å². The molecule has 2 heterocycles. The van der Waals surface area contributed by atoms with E-state index in [1.165, 1.54) is 10.7 Å². The number of aromatic nitrogens is 5. The summed E-state index contributed by atoms with van der Waals surface area (Å²) in [6.45, 7) is 2.13. The van der Waals surface area contributed by atoms with Crippen LogP contribution in [0.3, 0.4) is 0 Å². The van der Waals surface area contributed by atoms with Crippen LogP contribution in [0.2, 0.25) is 0 Å². The molecular formula is C15H13F2N5O. The molecule has 6 nitrogen and oxygen atoms in total. The number of hydrogen-bond donors (Lipinski definition) is 0. The standard InChI is InChI=1S/C15H13F2N5O/c1-2-10-6-18-15(19-7-10)23-9-11-8-22(21-20-11)12-3-4-13(16)14(17)5-12/h3-8H,2,9H2,1H3. The van der Waals surface area contributed by atoms with Gasteiger partial charge in [-0.15, -0.1) is 5.10 Å². The fourth-order valence-corrected chi connectivity index (χ4v) is 1.86. The van der Waals surface area contributed by atoms with Crippen LogP contribution in [0.1, 0.15) is 18.2 Å². The second-order valence-corrected chi connectivity index (χ2v) is 4.77. The summed E-state index contributed by atoms with van der Waals surface area (Å²) in [4.78, 5) is 8.14. The Morgan fingerprint density at radius 3 is 2.61 bits per heavy atom. The Morgan fingerprint density at radius 1 is 1.13 bits per heavy atom. The van der Waals surface area contributed by atoms with Crippen LogP contribution in [-0.2, 0) is 13.0 Å². The topological polar surface area (TPSA) is 65.7 Å². The molecule has 2 aromatic heterocycles. The lowest BCUT2D eigenvalue weighted by Crippen LogP contribution is -2.00. The van der Waals surface area contributed by atoms with Crippen molar-refractivity contribution in [3.63, 3.8) is 0 Å². The number of benzene rings is 1. The Kier molecular flexibility index (Phi) is 4.22. The smallest absolute Gasteiger partial charge is 0.316 e. The second kappa shape index (κ2) is 6.47. The highest BCUT2D eigenvalue weighted by Crippen LogP contribution is 2.13. The van der Waals surface area contributed by atoms with Crippen molar-refractivity contribution in [1.82, 2.24) is 25.0 Å². The molecule has 0 fully saturated rings. The van der Waals surface area contributed by atoms with Crippen LogP contribution >= 0.6 is 0 Å². The maximum atomic E-state index is 13.2. The van der Waals surface area contributed by atoms with E-state index in [0.29, 0.717) is 11.4 Å². The highest BCUT2D eigenvalue weighted by molar-refractivity contribution is 5.31. The van der Waals surface area contributed by atoms with Gasteiger partial charge in [-0.3, -0.25) is 0 Å². The second-order valence-electron chi connectivity index (χ2n) is 4.77. The normalized spacial score (nSPS) is 10.7. The predicted octanol–water partition coefficient (Wildman–Crippen LogP) is 2.48. The molecule has 3 aromatic rings. The number of halogens is 2. The maximum Gasteiger partial charge on any atom is 0.316 e. The minimum absolute atomic E-state index is 0.120. The Hall–Kier alpha value is -2.90. The summed E-state index contributed by atoms with van der Waals surface area (Å²) in [5.74, 6) is -1.86. The molecule has 0 bridgehead atoms. The van der Waals surface area contributed by atoms with Crippen molar-refractivity contribution in [3.8, 4) is 11.7 Å². The quantitative estimate of drug-likeness (QED) is 0.723. The molecule has 0 spiro atoms. The van der Waals surface area contributed by atoms with Gasteiger partial charge in [0.1, 0.15) is 12.3 Å². The number of nitrogens with zero attached hydrogens (tertiary/aromatic N) is 5. The van der Waals surface area contributed by atoms with Gasteiger partial charge < -0.3 is 4.74 Å². The van der Waals surface area contributed by atoms with Crippen molar-refractivity contribution >= 4 is 0 Å². The Bertz CT molecular complexity index is 804. The first kappa shape index (κ1) is 15.0. The molecule has 0 aliphatic carbocycles. The van der Waals surface area contributed by atoms with Crippen LogP contribution in [0.15, 0.2) is 36.8 Å². The zero-order valence-electron chi connectivity index (χ0n) is 12.3. The molecule has 0 aliphatic heterocycles. The van der Waals surface area contributed by atoms with Crippen molar-refractivity contribution in [2.24, 2.45) is 0 Å². The molecule has 0 N–H and O–H groups in total. The summed E-state index contributed by atoms with van der Waals surface area (Å²) in [6.07, 6.45) is 5.80. The number of ether oxygens (including phenoxy) is 1. The van der Waals surface area contributed by atoms with E-state index < -0.39 is 11.6 Å². The molecule has 0 unspecified atom stereocenters. The Morgan fingerprint density at radius 2 is 1.91 bits per heavy atom. The van der Waals surface area contributed by atoms with E-state index in [9.17, 15) is 8.78 Å². The van der Waals surface area contributed by atoms with Gasteiger partial charge in [-0.25, -0.2) is 23.4 Å². The number of aryl methyl sites for hydroxylation is 1. The maximum absolute atomic E-state index is 13.2. The van der Waals surface area contributed by atoms with Crippen LogP contribution in [0.25, 0.3) is 5.69 Å². The van der Waals surface area contributed by atoms with Crippen molar-refractivity contribution in [3.05, 3.63) is 59.7 Å². The lowest BCUT2D eigenvalue weighted by Gasteiger charge is -2.02. The third-order valence-corrected chi connectivity index (χ3v) is 3.15. The number of hydrogen-bond acceptors (Lipinski definition) is 5. The molecule has 118 valence electrons. The van der Waals surface area contributed by atoms with Crippen LogP contribution < -0.4 is 4.74 Å². The van der Waals surface area contributed by atoms with E-state index in [0.717, 1.165) is 24.1 Å². The van der Waals surface area contributed by atoms with Crippen molar-refractivity contribution in [2.45, 2.75) is 20.0 Å². The Labute approximate surface area is 130 Å². The SMILES string of the molecule is CCc1cnc(OCc2cn(-c3ccc(F)c(F)c3)nn2)nc1. The predicted molar refractivity (Wildman–Crippen MR) is 77.0 cm³/mol. The zero-order valence-corrected chi connectivity index (χ0v) is 12.3. The Balaban J connectivity index is 1.67. The van der Waals surface area contributed by atoms with Gasteiger partial charge in [0, 0.05) is 18.5 Å². The third-order valence-electron chi connectivity index (χ3n) is 3.15. The summed E-state index contributed by atoms with van der Waals surface area (Å²) in [5, 5.41) is 7.76. The molecule has 0 saturated heterocycles. The summed E-state index contributed by atoms with van der Waals surface area (Å²) < 4.78 is 32.9. The molecular weight excluding hydrogens is 304 g/mol. The molecule has 0 radical (unpaired) electrons. The monoisotopic (exact) mass is 317 g/mol. The van der Waals surface area contributed by atoms with Gasteiger partial charge in [-0.1, -0.05) is 12.1 Å². The molecule has 0 amide bonds. The van der Waals surface area contributed by atoms with Crippen LogP contribution in [0.5, 0.6) is 6.01 Å². The summed E-state index contributed by atoms with van der Waals surface area (Å²) in [5.41, 5.74) is 1.89. The highest BCUT2D eigenvalue weighted by Gasteiger charge is 2.08. The first-order valence-corrected chi connectivity index (χ1v) is 6.96. The van der Waals surface area contributed by atoms with E-state index in [4.69, 9.17) is 4.74 Å². The molecule has 0 atom stereocenters. The summed E-state index contributed by atoms with van der Waals surface area (Å²) in [6, 6.07) is 3.72. The van der Waals surface area contributed by atoms with Crippen molar-refractivity contribution in [1.29, 1.82) is 0 Å². The van der Waals surface area contributed by atoms with Crippen LogP contribution in [0.4, 0.5) is 8.78 Å².